The number of carbonyl (C=O) groups excluding carboxylic acids is 1. The van der Waals surface area contributed by atoms with Crippen LogP contribution in [0.4, 0.5) is 18.9 Å². The maximum atomic E-state index is 12.7. The maximum Gasteiger partial charge on any atom is 0.416 e. The van der Waals surface area contributed by atoms with Crippen molar-refractivity contribution < 1.29 is 18.0 Å². The molecule has 1 amide bonds. The van der Waals surface area contributed by atoms with Crippen LogP contribution in [0.3, 0.4) is 0 Å². The number of hydrogen-bond acceptors (Lipinski definition) is 2. The Balaban J connectivity index is 2.14. The minimum atomic E-state index is -4.38. The Bertz CT molecular complexity index is 519. The SMILES string of the molecule is O=C1Nc2ccc(C(F)(F)F)cc2[C@]12CCNC2. The molecule has 18 heavy (non-hydrogen) atoms. The molecule has 0 aliphatic carbocycles. The fourth-order valence-corrected chi connectivity index (χ4v) is 2.71. The van der Waals surface area contributed by atoms with Crippen molar-refractivity contribution in [2.75, 3.05) is 18.4 Å². The fraction of sp³-hybridized carbons (Fsp3) is 0.417. The van der Waals surface area contributed by atoms with Crippen molar-refractivity contribution in [1.29, 1.82) is 0 Å². The van der Waals surface area contributed by atoms with Crippen LogP contribution >= 0.6 is 0 Å². The number of amides is 1. The van der Waals surface area contributed by atoms with E-state index in [0.717, 1.165) is 12.1 Å². The van der Waals surface area contributed by atoms with E-state index in [4.69, 9.17) is 0 Å². The summed E-state index contributed by atoms with van der Waals surface area (Å²) < 4.78 is 38.1. The number of halogens is 3. The number of fused-ring (bicyclic) bond motifs is 2. The molecule has 0 bridgehead atoms. The molecule has 2 aliphatic rings. The number of benzene rings is 1. The molecule has 1 saturated heterocycles. The van der Waals surface area contributed by atoms with Crippen molar-refractivity contribution in [2.24, 2.45) is 0 Å². The normalized spacial score (nSPS) is 26.5. The second-order valence-corrected chi connectivity index (χ2v) is 4.72. The van der Waals surface area contributed by atoms with Gasteiger partial charge < -0.3 is 10.6 Å². The average Bonchev–Trinajstić information content (AvgIpc) is 2.87. The minimum Gasteiger partial charge on any atom is -0.325 e. The molecule has 2 N–H and O–H groups in total. The predicted molar refractivity (Wildman–Crippen MR) is 59.2 cm³/mol. The lowest BCUT2D eigenvalue weighted by Gasteiger charge is -2.20. The van der Waals surface area contributed by atoms with Crippen molar-refractivity contribution in [3.8, 4) is 0 Å². The van der Waals surface area contributed by atoms with Crippen molar-refractivity contribution in [3.05, 3.63) is 29.3 Å². The van der Waals surface area contributed by atoms with E-state index in [2.05, 4.69) is 10.6 Å². The van der Waals surface area contributed by atoms with Gasteiger partial charge in [-0.1, -0.05) is 0 Å². The van der Waals surface area contributed by atoms with Crippen LogP contribution in [0.15, 0.2) is 18.2 Å². The summed E-state index contributed by atoms with van der Waals surface area (Å²) in [6, 6.07) is 3.43. The highest BCUT2D eigenvalue weighted by atomic mass is 19.4. The maximum absolute atomic E-state index is 12.7. The first-order valence-electron chi connectivity index (χ1n) is 5.67. The van der Waals surface area contributed by atoms with Crippen molar-refractivity contribution >= 4 is 11.6 Å². The number of rotatable bonds is 0. The lowest BCUT2D eigenvalue weighted by molar-refractivity contribution is -0.137. The van der Waals surface area contributed by atoms with E-state index in [9.17, 15) is 18.0 Å². The molecule has 1 atom stereocenters. The molecule has 1 spiro atoms. The van der Waals surface area contributed by atoms with Gasteiger partial charge in [0.2, 0.25) is 5.91 Å². The zero-order chi connectivity index (χ0) is 13.0. The van der Waals surface area contributed by atoms with Gasteiger partial charge in [0.05, 0.1) is 11.0 Å². The molecule has 3 rings (SSSR count). The van der Waals surface area contributed by atoms with Crippen LogP contribution in [0.1, 0.15) is 17.5 Å². The standard InChI is InChI=1S/C12H11F3N2O/c13-12(14,15)7-1-2-9-8(5-7)11(10(18)17-9)3-4-16-6-11/h1-2,5,16H,3-4,6H2,(H,17,18)/t11-/m1/s1. The largest absolute Gasteiger partial charge is 0.416 e. The first kappa shape index (κ1) is 11.5. The highest BCUT2D eigenvalue weighted by Crippen LogP contribution is 2.44. The van der Waals surface area contributed by atoms with E-state index in [1.54, 1.807) is 0 Å². The Kier molecular flexibility index (Phi) is 2.22. The Morgan fingerprint density at radius 3 is 2.67 bits per heavy atom. The first-order valence-corrected chi connectivity index (χ1v) is 5.67. The average molecular weight is 256 g/mol. The molecule has 2 aliphatic heterocycles. The summed E-state index contributed by atoms with van der Waals surface area (Å²) in [5.41, 5.74) is -0.565. The molecule has 2 heterocycles. The van der Waals surface area contributed by atoms with Crippen LogP contribution in [-0.4, -0.2) is 19.0 Å². The molecule has 6 heteroatoms. The third kappa shape index (κ3) is 1.45. The van der Waals surface area contributed by atoms with Gasteiger partial charge in [-0.15, -0.1) is 0 Å². The fourth-order valence-electron chi connectivity index (χ4n) is 2.71. The molecule has 96 valence electrons. The molecule has 0 unspecified atom stereocenters. The van der Waals surface area contributed by atoms with Gasteiger partial charge in [0, 0.05) is 12.2 Å². The van der Waals surface area contributed by atoms with Crippen molar-refractivity contribution in [2.45, 2.75) is 18.0 Å². The van der Waals surface area contributed by atoms with Gasteiger partial charge in [0.1, 0.15) is 0 Å². The van der Waals surface area contributed by atoms with Crippen LogP contribution in [-0.2, 0) is 16.4 Å². The van der Waals surface area contributed by atoms with Crippen LogP contribution in [0.25, 0.3) is 0 Å². The van der Waals surface area contributed by atoms with Crippen molar-refractivity contribution in [3.63, 3.8) is 0 Å². The van der Waals surface area contributed by atoms with Crippen LogP contribution < -0.4 is 10.6 Å². The monoisotopic (exact) mass is 256 g/mol. The Labute approximate surface area is 101 Å². The highest BCUT2D eigenvalue weighted by Gasteiger charge is 2.49. The molecular formula is C12H11F3N2O. The summed E-state index contributed by atoms with van der Waals surface area (Å²) >= 11 is 0. The summed E-state index contributed by atoms with van der Waals surface area (Å²) in [6.07, 6.45) is -3.85. The van der Waals surface area contributed by atoms with Gasteiger partial charge in [-0.2, -0.15) is 13.2 Å². The summed E-state index contributed by atoms with van der Waals surface area (Å²) in [7, 11) is 0. The zero-order valence-electron chi connectivity index (χ0n) is 9.40. The number of alkyl halides is 3. The third-order valence-electron chi connectivity index (χ3n) is 3.70. The van der Waals surface area contributed by atoms with Gasteiger partial charge in [0.25, 0.3) is 0 Å². The third-order valence-corrected chi connectivity index (χ3v) is 3.70. The second-order valence-electron chi connectivity index (χ2n) is 4.72. The quantitative estimate of drug-likeness (QED) is 0.744. The summed E-state index contributed by atoms with van der Waals surface area (Å²) in [4.78, 5) is 12.0. The number of anilines is 1. The van der Waals surface area contributed by atoms with E-state index in [1.807, 2.05) is 0 Å². The summed E-state index contributed by atoms with van der Waals surface area (Å²) in [5.74, 6) is -0.207. The minimum absolute atomic E-state index is 0.207. The topological polar surface area (TPSA) is 41.1 Å². The number of nitrogens with one attached hydrogen (secondary N) is 2. The lowest BCUT2D eigenvalue weighted by atomic mass is 9.80. The zero-order valence-corrected chi connectivity index (χ0v) is 9.40. The number of hydrogen-bond donors (Lipinski definition) is 2. The van der Waals surface area contributed by atoms with Crippen molar-refractivity contribution in [1.82, 2.24) is 5.32 Å². The van der Waals surface area contributed by atoms with Crippen LogP contribution in [0, 0.1) is 0 Å². The van der Waals surface area contributed by atoms with Crippen LogP contribution in [0.5, 0.6) is 0 Å². The Morgan fingerprint density at radius 1 is 1.28 bits per heavy atom. The van der Waals surface area contributed by atoms with E-state index in [-0.39, 0.29) is 5.91 Å². The van der Waals surface area contributed by atoms with Gasteiger partial charge >= 0.3 is 6.18 Å². The smallest absolute Gasteiger partial charge is 0.325 e. The van der Waals surface area contributed by atoms with E-state index in [1.165, 1.54) is 6.07 Å². The summed E-state index contributed by atoms with van der Waals surface area (Å²) in [5, 5.41) is 5.70. The Morgan fingerprint density at radius 2 is 2.06 bits per heavy atom. The van der Waals surface area contributed by atoms with Gasteiger partial charge in [0.15, 0.2) is 0 Å². The lowest BCUT2D eigenvalue weighted by Crippen LogP contribution is -2.36. The molecular weight excluding hydrogens is 245 g/mol. The van der Waals surface area contributed by atoms with E-state index < -0.39 is 17.2 Å². The highest BCUT2D eigenvalue weighted by molar-refractivity contribution is 6.06. The van der Waals surface area contributed by atoms with Gasteiger partial charge in [-0.3, -0.25) is 4.79 Å². The van der Waals surface area contributed by atoms with Gasteiger partial charge in [-0.05, 0) is 36.7 Å². The van der Waals surface area contributed by atoms with E-state index >= 15 is 0 Å². The molecule has 1 aromatic rings. The molecule has 0 aromatic heterocycles. The van der Waals surface area contributed by atoms with Crippen LogP contribution in [0.2, 0.25) is 0 Å². The number of carbonyl (C=O) groups is 1. The van der Waals surface area contributed by atoms with E-state index in [0.29, 0.717) is 30.8 Å². The van der Waals surface area contributed by atoms with Gasteiger partial charge in [-0.25, -0.2) is 0 Å². The molecule has 1 aromatic carbocycles. The first-order chi connectivity index (χ1) is 8.43. The molecule has 1 fully saturated rings. The summed E-state index contributed by atoms with van der Waals surface area (Å²) in [6.45, 7) is 1.04. The predicted octanol–water partition coefficient (Wildman–Crippen LogP) is 1.89. The molecule has 0 radical (unpaired) electrons. The molecule has 3 nitrogen and oxygen atoms in total. The molecule has 0 saturated carbocycles. The Hall–Kier alpha value is -1.56. The second kappa shape index (κ2) is 3.47.